The quantitative estimate of drug-likeness (QED) is 0.325. The molecule has 206 valence electrons. The zero-order valence-electron chi connectivity index (χ0n) is 21.9. The number of carboxylic acid groups (broad SMARTS) is 1. The Bertz CT molecular complexity index is 1180. The van der Waals surface area contributed by atoms with Crippen LogP contribution in [0, 0.1) is 5.92 Å². The number of carboxylic acids is 1. The van der Waals surface area contributed by atoms with Gasteiger partial charge in [0.25, 0.3) is 0 Å². The number of aryl methyl sites for hydroxylation is 1. The zero-order chi connectivity index (χ0) is 27.8. The van der Waals surface area contributed by atoms with Crippen molar-refractivity contribution >= 4 is 35.8 Å². The van der Waals surface area contributed by atoms with Crippen molar-refractivity contribution in [1.29, 1.82) is 0 Å². The minimum Gasteiger partial charge on any atom is -0.481 e. The molecule has 3 rings (SSSR count). The van der Waals surface area contributed by atoms with Gasteiger partial charge in [-0.15, -0.1) is 0 Å². The number of piperidine rings is 1. The molecule has 0 spiro atoms. The summed E-state index contributed by atoms with van der Waals surface area (Å²) in [4.78, 5) is 32.2. The lowest BCUT2D eigenvalue weighted by Gasteiger charge is -2.33. The smallest absolute Gasteiger partial charge is 0.306 e. The van der Waals surface area contributed by atoms with E-state index in [-0.39, 0.29) is 30.4 Å². The number of likely N-dealkylation sites (tertiary alicyclic amines) is 1. The number of nitrogens with zero attached hydrogens (tertiary/aromatic N) is 4. The van der Waals surface area contributed by atoms with Crippen LogP contribution in [0.1, 0.15) is 43.0 Å². The van der Waals surface area contributed by atoms with Gasteiger partial charge in [-0.25, -0.2) is 8.78 Å². The van der Waals surface area contributed by atoms with Gasteiger partial charge in [-0.1, -0.05) is 30.3 Å². The molecule has 1 aromatic heterocycles. The van der Waals surface area contributed by atoms with Crippen molar-refractivity contribution in [1.82, 2.24) is 14.4 Å². The minimum atomic E-state index is -0.869. The summed E-state index contributed by atoms with van der Waals surface area (Å²) in [5.41, 5.74) is 3.18. The van der Waals surface area contributed by atoms with Crippen LogP contribution in [-0.4, -0.2) is 70.8 Å². The number of amides is 1. The number of allylic oxidation sites excluding steroid dienone is 6. The minimum absolute atomic E-state index is 0.000573. The second kappa shape index (κ2) is 13.7. The van der Waals surface area contributed by atoms with E-state index in [4.69, 9.17) is 11.6 Å². The summed E-state index contributed by atoms with van der Waals surface area (Å²) in [6, 6.07) is 0. The molecule has 0 unspecified atom stereocenters. The van der Waals surface area contributed by atoms with Gasteiger partial charge in [-0.05, 0) is 68.5 Å². The Morgan fingerprint density at radius 2 is 1.97 bits per heavy atom. The van der Waals surface area contributed by atoms with Gasteiger partial charge in [-0.2, -0.15) is 0 Å². The van der Waals surface area contributed by atoms with Crippen LogP contribution in [0.4, 0.5) is 8.78 Å². The lowest BCUT2D eigenvalue weighted by molar-refractivity contribution is -0.143. The predicted molar refractivity (Wildman–Crippen MR) is 146 cm³/mol. The second-order valence-corrected chi connectivity index (χ2v) is 9.92. The molecule has 1 N–H and O–H groups in total. The van der Waals surface area contributed by atoms with E-state index >= 15 is 0 Å². The zero-order valence-corrected chi connectivity index (χ0v) is 22.7. The van der Waals surface area contributed by atoms with E-state index in [0.29, 0.717) is 52.0 Å². The lowest BCUT2D eigenvalue weighted by atomic mass is 9.97. The lowest BCUT2D eigenvalue weighted by Crippen LogP contribution is -2.45. The molecule has 0 atom stereocenters. The summed E-state index contributed by atoms with van der Waals surface area (Å²) in [5, 5.41) is 8.62. The first kappa shape index (κ1) is 29.5. The monoisotopic (exact) mass is 548 g/mol. The van der Waals surface area contributed by atoms with E-state index in [1.807, 2.05) is 32.7 Å². The van der Waals surface area contributed by atoms with E-state index in [9.17, 15) is 23.5 Å². The van der Waals surface area contributed by atoms with E-state index in [1.165, 1.54) is 6.92 Å². The first-order valence-corrected chi connectivity index (χ1v) is 13.1. The highest BCUT2D eigenvalue weighted by Gasteiger charge is 2.29. The highest BCUT2D eigenvalue weighted by molar-refractivity contribution is 6.32. The summed E-state index contributed by atoms with van der Waals surface area (Å²) in [5.74, 6) is -2.83. The molecule has 0 saturated carbocycles. The standard InChI is InChI=1S/C28H35ClF2N4O3/c1-4-23(30)26(29)27(31)19(2)7-14-34-16-21(6-5-11-32-3)22-10-15-35(17-24(22)34)25(36)18-33-12-8-20(9-13-33)28(37)38/h4-6,11,16,20H,2,7-10,12-15,17-18H2,1,3H3,(H,37,38)/b6-5-,23-4+,27-26-,32-11?. The van der Waals surface area contributed by atoms with E-state index < -0.39 is 22.7 Å². The van der Waals surface area contributed by atoms with Crippen LogP contribution in [0.15, 0.2) is 52.2 Å². The van der Waals surface area contributed by atoms with E-state index in [1.54, 1.807) is 13.3 Å². The molecular formula is C28H35ClF2N4O3. The molecule has 1 saturated heterocycles. The number of hydrogen-bond acceptors (Lipinski definition) is 4. The van der Waals surface area contributed by atoms with E-state index in [0.717, 1.165) is 22.9 Å². The molecule has 7 nitrogen and oxygen atoms in total. The molecule has 2 aliphatic rings. The Labute approximate surface area is 227 Å². The maximum Gasteiger partial charge on any atom is 0.306 e. The third-order valence-corrected chi connectivity index (χ3v) is 7.44. The van der Waals surface area contributed by atoms with Crippen LogP contribution in [0.2, 0.25) is 0 Å². The van der Waals surface area contributed by atoms with Crippen LogP contribution < -0.4 is 0 Å². The highest BCUT2D eigenvalue weighted by atomic mass is 35.5. The molecule has 0 aliphatic carbocycles. The van der Waals surface area contributed by atoms with Gasteiger partial charge in [-0.3, -0.25) is 19.5 Å². The van der Waals surface area contributed by atoms with Crippen molar-refractivity contribution in [3.63, 3.8) is 0 Å². The average Bonchev–Trinajstić information content (AvgIpc) is 3.27. The van der Waals surface area contributed by atoms with Crippen LogP contribution in [0.3, 0.4) is 0 Å². The molecule has 0 radical (unpaired) electrons. The summed E-state index contributed by atoms with van der Waals surface area (Å²) in [7, 11) is 1.69. The van der Waals surface area contributed by atoms with Crippen molar-refractivity contribution < 1.29 is 23.5 Å². The summed E-state index contributed by atoms with van der Waals surface area (Å²) < 4.78 is 30.3. The number of hydrogen-bond donors (Lipinski definition) is 1. The average molecular weight is 549 g/mol. The molecule has 0 bridgehead atoms. The van der Waals surface area contributed by atoms with Gasteiger partial charge < -0.3 is 14.6 Å². The fourth-order valence-electron chi connectivity index (χ4n) is 4.82. The Kier molecular flexibility index (Phi) is 10.6. The van der Waals surface area contributed by atoms with Crippen molar-refractivity contribution in [3.05, 3.63) is 64.0 Å². The topological polar surface area (TPSA) is 78.1 Å². The Hall–Kier alpha value is -3.04. The van der Waals surface area contributed by atoms with Crippen LogP contribution in [0.5, 0.6) is 0 Å². The van der Waals surface area contributed by atoms with Gasteiger partial charge in [0, 0.05) is 38.2 Å². The molecule has 1 fully saturated rings. The second-order valence-electron chi connectivity index (χ2n) is 9.54. The number of carbonyl (C=O) groups excluding carboxylic acids is 1. The predicted octanol–water partition coefficient (Wildman–Crippen LogP) is 5.12. The summed E-state index contributed by atoms with van der Waals surface area (Å²) >= 11 is 5.80. The number of aliphatic imine (C=N–C) groups is 1. The van der Waals surface area contributed by atoms with Crippen LogP contribution in [0.25, 0.3) is 6.08 Å². The van der Waals surface area contributed by atoms with Crippen molar-refractivity contribution in [2.24, 2.45) is 10.9 Å². The third-order valence-electron chi connectivity index (χ3n) is 7.09. The Balaban J connectivity index is 1.74. The molecule has 1 aromatic rings. The number of fused-ring (bicyclic) bond motifs is 1. The fourth-order valence-corrected chi connectivity index (χ4v) is 5.06. The number of aromatic nitrogens is 1. The molecule has 10 heteroatoms. The first-order valence-electron chi connectivity index (χ1n) is 12.7. The Morgan fingerprint density at radius 1 is 1.26 bits per heavy atom. The van der Waals surface area contributed by atoms with Gasteiger partial charge >= 0.3 is 5.97 Å². The SMILES string of the molecule is C=C(CCn1cc(/C=C\C=NC)c2c1CN(C(=O)CN1CCC(C(=O)O)CC1)CC2)/C(F)=C(Cl)\C(F)=C/C. The third kappa shape index (κ3) is 7.29. The summed E-state index contributed by atoms with van der Waals surface area (Å²) in [6.45, 7) is 7.98. The summed E-state index contributed by atoms with van der Waals surface area (Å²) in [6.07, 6.45) is 10.5. The van der Waals surface area contributed by atoms with Crippen LogP contribution in [-0.2, 0) is 29.1 Å². The van der Waals surface area contributed by atoms with E-state index in [2.05, 4.69) is 11.6 Å². The molecule has 1 amide bonds. The number of carbonyl (C=O) groups is 2. The van der Waals surface area contributed by atoms with Gasteiger partial charge in [0.05, 0.1) is 19.0 Å². The maximum atomic E-state index is 14.6. The normalized spacial score (nSPS) is 18.2. The number of aliphatic carboxylic acids is 1. The van der Waals surface area contributed by atoms with Gasteiger partial charge in [0.1, 0.15) is 16.7 Å². The largest absolute Gasteiger partial charge is 0.481 e. The molecule has 2 aliphatic heterocycles. The number of rotatable bonds is 10. The van der Waals surface area contributed by atoms with Crippen LogP contribution >= 0.6 is 11.6 Å². The molecule has 0 aromatic carbocycles. The maximum absolute atomic E-state index is 14.6. The molecular weight excluding hydrogens is 514 g/mol. The van der Waals surface area contributed by atoms with Gasteiger partial charge in [0.2, 0.25) is 5.91 Å². The van der Waals surface area contributed by atoms with Crippen molar-refractivity contribution in [3.8, 4) is 0 Å². The van der Waals surface area contributed by atoms with Crippen molar-refractivity contribution in [2.75, 3.05) is 33.2 Å². The molecule has 3 heterocycles. The first-order chi connectivity index (χ1) is 18.2. The highest BCUT2D eigenvalue weighted by Crippen LogP contribution is 2.30. The van der Waals surface area contributed by atoms with Crippen molar-refractivity contribution in [2.45, 2.75) is 45.7 Å². The van der Waals surface area contributed by atoms with Gasteiger partial charge in [0.15, 0.2) is 0 Å². The fraction of sp³-hybridized carbons (Fsp3) is 0.464. The Morgan fingerprint density at radius 3 is 2.61 bits per heavy atom. The number of halogens is 3. The molecule has 38 heavy (non-hydrogen) atoms.